The summed E-state index contributed by atoms with van der Waals surface area (Å²) in [5, 5.41) is 3.15. The third-order valence-electron chi connectivity index (χ3n) is 6.85. The highest BCUT2D eigenvalue weighted by Crippen LogP contribution is 2.47. The summed E-state index contributed by atoms with van der Waals surface area (Å²) >= 11 is 0. The van der Waals surface area contributed by atoms with Crippen molar-refractivity contribution >= 4 is 15.9 Å². The zero-order valence-corrected chi connectivity index (χ0v) is 19.2. The minimum absolute atomic E-state index is 0.0561. The van der Waals surface area contributed by atoms with E-state index in [1.807, 2.05) is 30.3 Å². The number of benzene rings is 2. The summed E-state index contributed by atoms with van der Waals surface area (Å²) in [6, 6.07) is 17.5. The van der Waals surface area contributed by atoms with Crippen LogP contribution >= 0.6 is 0 Å². The Hall–Kier alpha value is -2.18. The van der Waals surface area contributed by atoms with Gasteiger partial charge in [0.2, 0.25) is 15.9 Å². The normalized spacial score (nSPS) is 19.3. The molecule has 1 saturated carbocycles. The molecule has 5 nitrogen and oxygen atoms in total. The molecule has 1 N–H and O–H groups in total. The van der Waals surface area contributed by atoms with Gasteiger partial charge in [-0.25, -0.2) is 8.42 Å². The van der Waals surface area contributed by atoms with Crippen LogP contribution in [-0.2, 0) is 20.2 Å². The van der Waals surface area contributed by atoms with Crippen molar-refractivity contribution in [1.29, 1.82) is 0 Å². The number of nitrogens with one attached hydrogen (secondary N) is 1. The number of amides is 1. The fourth-order valence-corrected chi connectivity index (χ4v) is 5.91. The van der Waals surface area contributed by atoms with Crippen molar-refractivity contribution in [3.05, 3.63) is 65.7 Å². The SMILES string of the molecule is CC(C)c1ccc(S(=O)(=O)N2CCC(C(=O)NCC3(c4ccccc4)CC3)CC2)cc1. The fraction of sp³-hybridized carbons (Fsp3) is 0.480. The summed E-state index contributed by atoms with van der Waals surface area (Å²) < 4.78 is 27.5. The van der Waals surface area contributed by atoms with Crippen molar-refractivity contribution in [2.75, 3.05) is 19.6 Å². The van der Waals surface area contributed by atoms with Crippen LogP contribution in [0.15, 0.2) is 59.5 Å². The third-order valence-corrected chi connectivity index (χ3v) is 8.76. The molecule has 0 unspecified atom stereocenters. The molecule has 0 spiro atoms. The van der Waals surface area contributed by atoms with E-state index in [4.69, 9.17) is 0 Å². The van der Waals surface area contributed by atoms with E-state index < -0.39 is 10.0 Å². The molecule has 6 heteroatoms. The number of hydrogen-bond acceptors (Lipinski definition) is 3. The Labute approximate surface area is 185 Å². The van der Waals surface area contributed by atoms with Crippen molar-refractivity contribution in [2.24, 2.45) is 5.92 Å². The molecule has 0 atom stereocenters. The lowest BCUT2D eigenvalue weighted by molar-refractivity contribution is -0.126. The van der Waals surface area contributed by atoms with Crippen LogP contribution in [-0.4, -0.2) is 38.3 Å². The highest BCUT2D eigenvalue weighted by Gasteiger charge is 2.44. The van der Waals surface area contributed by atoms with Gasteiger partial charge in [-0.2, -0.15) is 4.31 Å². The Morgan fingerprint density at radius 1 is 1.03 bits per heavy atom. The van der Waals surface area contributed by atoms with E-state index in [0.717, 1.165) is 18.4 Å². The van der Waals surface area contributed by atoms with E-state index in [-0.39, 0.29) is 17.2 Å². The van der Waals surface area contributed by atoms with Crippen molar-refractivity contribution in [3.63, 3.8) is 0 Å². The number of piperidine rings is 1. The number of carbonyl (C=O) groups is 1. The molecular weight excluding hydrogens is 408 g/mol. The quantitative estimate of drug-likeness (QED) is 0.706. The first-order chi connectivity index (χ1) is 14.8. The van der Waals surface area contributed by atoms with Crippen molar-refractivity contribution in [2.45, 2.75) is 55.8 Å². The maximum atomic E-state index is 13.0. The fourth-order valence-electron chi connectivity index (χ4n) is 4.44. The van der Waals surface area contributed by atoms with E-state index in [1.54, 1.807) is 12.1 Å². The van der Waals surface area contributed by atoms with Crippen LogP contribution in [0.1, 0.15) is 56.6 Å². The average molecular weight is 441 g/mol. The molecule has 0 aromatic heterocycles. The number of rotatable bonds is 7. The molecule has 0 radical (unpaired) electrons. The Morgan fingerprint density at radius 3 is 2.19 bits per heavy atom. The molecule has 2 fully saturated rings. The number of hydrogen-bond donors (Lipinski definition) is 1. The van der Waals surface area contributed by atoms with Crippen LogP contribution in [0.25, 0.3) is 0 Å². The molecule has 1 saturated heterocycles. The van der Waals surface area contributed by atoms with Gasteiger partial charge in [-0.3, -0.25) is 4.79 Å². The summed E-state index contributed by atoms with van der Waals surface area (Å²) in [5.74, 6) is 0.296. The van der Waals surface area contributed by atoms with Gasteiger partial charge >= 0.3 is 0 Å². The first-order valence-electron chi connectivity index (χ1n) is 11.3. The number of sulfonamides is 1. The maximum absolute atomic E-state index is 13.0. The van der Waals surface area contributed by atoms with Gasteiger partial charge in [0.1, 0.15) is 0 Å². The highest BCUT2D eigenvalue weighted by atomic mass is 32.2. The van der Waals surface area contributed by atoms with Crippen LogP contribution in [0.5, 0.6) is 0 Å². The van der Waals surface area contributed by atoms with Gasteiger partial charge in [-0.05, 0) is 54.9 Å². The molecule has 31 heavy (non-hydrogen) atoms. The second kappa shape index (κ2) is 8.75. The minimum Gasteiger partial charge on any atom is -0.355 e. The number of nitrogens with zero attached hydrogens (tertiary/aromatic N) is 1. The second-order valence-electron chi connectivity index (χ2n) is 9.27. The molecule has 2 aromatic carbocycles. The van der Waals surface area contributed by atoms with E-state index in [9.17, 15) is 13.2 Å². The highest BCUT2D eigenvalue weighted by molar-refractivity contribution is 7.89. The lowest BCUT2D eigenvalue weighted by Crippen LogP contribution is -2.44. The van der Waals surface area contributed by atoms with Crippen LogP contribution in [0, 0.1) is 5.92 Å². The zero-order chi connectivity index (χ0) is 22.1. The molecule has 4 rings (SSSR count). The minimum atomic E-state index is -3.51. The smallest absolute Gasteiger partial charge is 0.243 e. The van der Waals surface area contributed by atoms with Crippen LogP contribution in [0.3, 0.4) is 0 Å². The molecule has 2 aliphatic rings. The predicted octanol–water partition coefficient (Wildman–Crippen LogP) is 4.06. The maximum Gasteiger partial charge on any atom is 0.243 e. The average Bonchev–Trinajstić information content (AvgIpc) is 3.59. The van der Waals surface area contributed by atoms with E-state index >= 15 is 0 Å². The Kier molecular flexibility index (Phi) is 6.22. The van der Waals surface area contributed by atoms with Crippen LogP contribution in [0.4, 0.5) is 0 Å². The first kappa shape index (κ1) is 22.0. The summed E-state index contributed by atoms with van der Waals surface area (Å²) in [7, 11) is -3.51. The molecule has 1 heterocycles. The van der Waals surface area contributed by atoms with Crippen molar-refractivity contribution in [3.8, 4) is 0 Å². The van der Waals surface area contributed by atoms with Crippen molar-refractivity contribution in [1.82, 2.24) is 9.62 Å². The standard InChI is InChI=1S/C25H32N2O3S/c1-19(2)20-8-10-23(11-9-20)31(29,30)27-16-12-21(13-17-27)24(28)26-18-25(14-15-25)22-6-4-3-5-7-22/h3-11,19,21H,12-18H2,1-2H3,(H,26,28). The third kappa shape index (κ3) is 4.70. The van der Waals surface area contributed by atoms with E-state index in [2.05, 4.69) is 31.3 Å². The van der Waals surface area contributed by atoms with Crippen molar-refractivity contribution < 1.29 is 13.2 Å². The summed E-state index contributed by atoms with van der Waals surface area (Å²) in [6.45, 7) is 5.61. The second-order valence-corrected chi connectivity index (χ2v) is 11.2. The first-order valence-corrected chi connectivity index (χ1v) is 12.7. The van der Waals surface area contributed by atoms with Crippen LogP contribution in [0.2, 0.25) is 0 Å². The Morgan fingerprint density at radius 2 is 1.65 bits per heavy atom. The van der Waals surface area contributed by atoms with Gasteiger partial charge in [0.25, 0.3) is 0 Å². The molecule has 1 amide bonds. The predicted molar refractivity (Wildman–Crippen MR) is 122 cm³/mol. The van der Waals surface area contributed by atoms with Crippen LogP contribution < -0.4 is 5.32 Å². The summed E-state index contributed by atoms with van der Waals surface area (Å²) in [5.41, 5.74) is 2.50. The van der Waals surface area contributed by atoms with Gasteiger partial charge in [0.15, 0.2) is 0 Å². The lowest BCUT2D eigenvalue weighted by Gasteiger charge is -2.31. The number of carbonyl (C=O) groups excluding carboxylic acids is 1. The zero-order valence-electron chi connectivity index (χ0n) is 18.4. The Bertz CT molecular complexity index is 1000. The molecular formula is C25H32N2O3S. The molecule has 166 valence electrons. The van der Waals surface area contributed by atoms with Gasteiger partial charge in [0, 0.05) is 31.0 Å². The van der Waals surface area contributed by atoms with Gasteiger partial charge in [-0.1, -0.05) is 56.3 Å². The molecule has 2 aromatic rings. The monoisotopic (exact) mass is 440 g/mol. The topological polar surface area (TPSA) is 66.5 Å². The van der Waals surface area contributed by atoms with Gasteiger partial charge in [0.05, 0.1) is 4.90 Å². The van der Waals surface area contributed by atoms with Gasteiger partial charge < -0.3 is 5.32 Å². The lowest BCUT2D eigenvalue weighted by atomic mass is 9.94. The largest absolute Gasteiger partial charge is 0.355 e. The van der Waals surface area contributed by atoms with E-state index in [0.29, 0.717) is 43.3 Å². The van der Waals surface area contributed by atoms with E-state index in [1.165, 1.54) is 9.87 Å². The Balaban J connectivity index is 1.31. The molecule has 0 bridgehead atoms. The van der Waals surface area contributed by atoms with Gasteiger partial charge in [-0.15, -0.1) is 0 Å². The summed E-state index contributed by atoms with van der Waals surface area (Å²) in [6.07, 6.45) is 3.33. The molecule has 1 aliphatic heterocycles. The molecule has 1 aliphatic carbocycles. The summed E-state index contributed by atoms with van der Waals surface area (Å²) in [4.78, 5) is 13.1.